The molecular weight excluding hydrogens is 362 g/mol. The zero-order chi connectivity index (χ0) is 17.9. The van der Waals surface area contributed by atoms with Crippen molar-refractivity contribution in [3.8, 4) is 0 Å². The molecule has 2 aliphatic heterocycles. The molecule has 4 rings (SSSR count). The van der Waals surface area contributed by atoms with Gasteiger partial charge in [-0.3, -0.25) is 9.59 Å². The van der Waals surface area contributed by atoms with Crippen LogP contribution in [-0.2, 0) is 16.0 Å². The molecular formula is C21H30ClN3O2. The third-order valence-electron chi connectivity index (χ3n) is 6.23. The van der Waals surface area contributed by atoms with E-state index in [4.69, 9.17) is 0 Å². The molecule has 1 N–H and O–H groups in total. The monoisotopic (exact) mass is 391 g/mol. The number of amides is 2. The van der Waals surface area contributed by atoms with Gasteiger partial charge in [0, 0.05) is 38.6 Å². The van der Waals surface area contributed by atoms with Crippen molar-refractivity contribution < 1.29 is 9.59 Å². The quantitative estimate of drug-likeness (QED) is 0.860. The summed E-state index contributed by atoms with van der Waals surface area (Å²) < 4.78 is 0. The topological polar surface area (TPSA) is 52.7 Å². The fraction of sp³-hybridized carbons (Fsp3) is 0.619. The number of likely N-dealkylation sites (tertiary alicyclic amines) is 1. The fourth-order valence-electron chi connectivity index (χ4n) is 4.85. The zero-order valence-corrected chi connectivity index (χ0v) is 16.7. The summed E-state index contributed by atoms with van der Waals surface area (Å²) >= 11 is 0. The van der Waals surface area contributed by atoms with Gasteiger partial charge in [-0.15, -0.1) is 12.4 Å². The van der Waals surface area contributed by atoms with Gasteiger partial charge in [0.2, 0.25) is 11.8 Å². The minimum Gasteiger partial charge on any atom is -0.341 e. The summed E-state index contributed by atoms with van der Waals surface area (Å²) in [6.45, 7) is 3.60. The minimum absolute atomic E-state index is 0. The van der Waals surface area contributed by atoms with Gasteiger partial charge in [-0.1, -0.05) is 24.3 Å². The number of rotatable bonds is 3. The molecule has 0 radical (unpaired) electrons. The number of hydrogen-bond donors (Lipinski definition) is 1. The van der Waals surface area contributed by atoms with Crippen LogP contribution in [0.2, 0.25) is 0 Å². The van der Waals surface area contributed by atoms with Gasteiger partial charge >= 0.3 is 0 Å². The lowest BCUT2D eigenvalue weighted by atomic mass is 9.81. The second kappa shape index (κ2) is 9.07. The lowest BCUT2D eigenvalue weighted by molar-refractivity contribution is -0.140. The maximum absolute atomic E-state index is 13.0. The van der Waals surface area contributed by atoms with E-state index in [1.807, 2.05) is 9.80 Å². The molecule has 0 spiro atoms. The van der Waals surface area contributed by atoms with E-state index in [1.54, 1.807) is 0 Å². The molecule has 2 amide bonds. The number of piperazine rings is 1. The van der Waals surface area contributed by atoms with Gasteiger partial charge in [-0.25, -0.2) is 0 Å². The molecule has 27 heavy (non-hydrogen) atoms. The summed E-state index contributed by atoms with van der Waals surface area (Å²) in [5.74, 6) is 0.796. The summed E-state index contributed by atoms with van der Waals surface area (Å²) in [6, 6.07) is 8.79. The van der Waals surface area contributed by atoms with Crippen LogP contribution >= 0.6 is 12.4 Å². The van der Waals surface area contributed by atoms with Gasteiger partial charge < -0.3 is 15.1 Å². The molecule has 5 nitrogen and oxygen atoms in total. The Morgan fingerprint density at radius 2 is 2.00 bits per heavy atom. The van der Waals surface area contributed by atoms with Gasteiger partial charge in [0.25, 0.3) is 0 Å². The SMILES string of the molecule is Cl.O=C(CC1CCCc2ccccc21)N1CCCC(N2CCNCC2=O)C1. The normalized spacial score (nSPS) is 25.6. The first-order valence-electron chi connectivity index (χ1n) is 10.1. The molecule has 1 aromatic rings. The first-order valence-corrected chi connectivity index (χ1v) is 10.1. The number of piperidine rings is 1. The predicted octanol–water partition coefficient (Wildman–Crippen LogP) is 2.34. The van der Waals surface area contributed by atoms with Crippen LogP contribution in [0.1, 0.15) is 49.1 Å². The summed E-state index contributed by atoms with van der Waals surface area (Å²) in [6.07, 6.45) is 6.04. The Morgan fingerprint density at radius 1 is 1.15 bits per heavy atom. The molecule has 0 bridgehead atoms. The van der Waals surface area contributed by atoms with E-state index in [1.165, 1.54) is 17.5 Å². The van der Waals surface area contributed by atoms with Crippen molar-refractivity contribution in [2.24, 2.45) is 0 Å². The Bertz CT molecular complexity index is 681. The van der Waals surface area contributed by atoms with Gasteiger partial charge in [0.15, 0.2) is 0 Å². The summed E-state index contributed by atoms with van der Waals surface area (Å²) in [7, 11) is 0. The van der Waals surface area contributed by atoms with E-state index in [0.717, 1.165) is 45.3 Å². The number of carbonyl (C=O) groups excluding carboxylic acids is 2. The van der Waals surface area contributed by atoms with Crippen LogP contribution < -0.4 is 5.32 Å². The highest BCUT2D eigenvalue weighted by Gasteiger charge is 2.32. The van der Waals surface area contributed by atoms with Crippen LogP contribution in [0.25, 0.3) is 0 Å². The largest absolute Gasteiger partial charge is 0.341 e. The average Bonchev–Trinajstić information content (AvgIpc) is 2.69. The number of aryl methyl sites for hydroxylation is 1. The molecule has 3 aliphatic rings. The van der Waals surface area contributed by atoms with Gasteiger partial charge in [-0.05, 0) is 49.1 Å². The van der Waals surface area contributed by atoms with E-state index in [-0.39, 0.29) is 30.3 Å². The Balaban J connectivity index is 0.00000210. The first kappa shape index (κ1) is 20.2. The van der Waals surface area contributed by atoms with Crippen molar-refractivity contribution in [2.45, 2.75) is 50.5 Å². The number of fused-ring (bicyclic) bond motifs is 1. The van der Waals surface area contributed by atoms with E-state index in [2.05, 4.69) is 29.6 Å². The molecule has 2 unspecified atom stereocenters. The van der Waals surface area contributed by atoms with Crippen molar-refractivity contribution in [1.29, 1.82) is 0 Å². The van der Waals surface area contributed by atoms with Crippen LogP contribution in [0.3, 0.4) is 0 Å². The molecule has 0 saturated carbocycles. The minimum atomic E-state index is 0. The van der Waals surface area contributed by atoms with Crippen LogP contribution in [0.15, 0.2) is 24.3 Å². The summed E-state index contributed by atoms with van der Waals surface area (Å²) in [4.78, 5) is 29.2. The summed E-state index contributed by atoms with van der Waals surface area (Å²) in [5.41, 5.74) is 2.79. The van der Waals surface area contributed by atoms with Crippen molar-refractivity contribution in [3.63, 3.8) is 0 Å². The van der Waals surface area contributed by atoms with Gasteiger partial charge in [0.05, 0.1) is 6.54 Å². The number of nitrogens with zero attached hydrogens (tertiary/aromatic N) is 2. The molecule has 1 aliphatic carbocycles. The Kier molecular flexibility index (Phi) is 6.77. The first-order chi connectivity index (χ1) is 12.7. The van der Waals surface area contributed by atoms with Crippen LogP contribution in [0.4, 0.5) is 0 Å². The zero-order valence-electron chi connectivity index (χ0n) is 15.9. The van der Waals surface area contributed by atoms with E-state index >= 15 is 0 Å². The van der Waals surface area contributed by atoms with E-state index in [9.17, 15) is 9.59 Å². The Morgan fingerprint density at radius 3 is 2.85 bits per heavy atom. The van der Waals surface area contributed by atoms with Crippen molar-refractivity contribution in [1.82, 2.24) is 15.1 Å². The van der Waals surface area contributed by atoms with Gasteiger partial charge in [0.1, 0.15) is 0 Å². The molecule has 2 fully saturated rings. The second-order valence-corrected chi connectivity index (χ2v) is 7.89. The van der Waals surface area contributed by atoms with Crippen molar-refractivity contribution in [2.75, 3.05) is 32.7 Å². The number of halogens is 1. The maximum Gasteiger partial charge on any atom is 0.236 e. The van der Waals surface area contributed by atoms with Crippen LogP contribution in [-0.4, -0.2) is 60.4 Å². The molecule has 2 atom stereocenters. The van der Waals surface area contributed by atoms with Crippen LogP contribution in [0, 0.1) is 0 Å². The van der Waals surface area contributed by atoms with Crippen molar-refractivity contribution >= 4 is 24.2 Å². The Labute approximate surface area is 167 Å². The lowest BCUT2D eigenvalue weighted by Gasteiger charge is -2.41. The number of carbonyl (C=O) groups is 2. The Hall–Kier alpha value is -1.59. The smallest absolute Gasteiger partial charge is 0.236 e. The molecule has 1 aromatic carbocycles. The molecule has 6 heteroatoms. The third kappa shape index (κ3) is 4.46. The summed E-state index contributed by atoms with van der Waals surface area (Å²) in [5, 5.41) is 3.13. The number of nitrogens with one attached hydrogen (secondary N) is 1. The standard InChI is InChI=1S/C21H29N3O2.ClH/c25-20(13-17-7-3-6-16-5-1-2-9-19(16)17)23-11-4-8-18(15-23)24-12-10-22-14-21(24)26;/h1-2,5,9,17-18,22H,3-4,6-8,10-15H2;1H. The highest BCUT2D eigenvalue weighted by Crippen LogP contribution is 2.34. The number of hydrogen-bond acceptors (Lipinski definition) is 3. The van der Waals surface area contributed by atoms with Gasteiger partial charge in [-0.2, -0.15) is 0 Å². The third-order valence-corrected chi connectivity index (χ3v) is 6.23. The predicted molar refractivity (Wildman–Crippen MR) is 108 cm³/mol. The molecule has 0 aromatic heterocycles. The van der Waals surface area contributed by atoms with Crippen LogP contribution in [0.5, 0.6) is 0 Å². The second-order valence-electron chi connectivity index (χ2n) is 7.89. The van der Waals surface area contributed by atoms with E-state index < -0.39 is 0 Å². The molecule has 2 saturated heterocycles. The highest BCUT2D eigenvalue weighted by molar-refractivity contribution is 5.85. The fourth-order valence-corrected chi connectivity index (χ4v) is 4.85. The van der Waals surface area contributed by atoms with Crippen molar-refractivity contribution in [3.05, 3.63) is 35.4 Å². The maximum atomic E-state index is 13.0. The van der Waals surface area contributed by atoms with E-state index in [0.29, 0.717) is 25.4 Å². The molecule has 2 heterocycles. The highest BCUT2D eigenvalue weighted by atomic mass is 35.5. The number of benzene rings is 1. The lowest BCUT2D eigenvalue weighted by Crippen LogP contribution is -2.57. The average molecular weight is 392 g/mol. The molecule has 148 valence electrons.